The molecule has 0 aliphatic heterocycles. The van der Waals surface area contributed by atoms with Crippen molar-refractivity contribution in [1.82, 2.24) is 10.6 Å². The van der Waals surface area contributed by atoms with E-state index in [-0.39, 0.29) is 28.2 Å². The molecule has 0 aromatic heterocycles. The first-order valence-electron chi connectivity index (χ1n) is 7.66. The van der Waals surface area contributed by atoms with Gasteiger partial charge in [0.05, 0.1) is 6.04 Å². The number of hydrogen-bond acceptors (Lipinski definition) is 2. The van der Waals surface area contributed by atoms with E-state index >= 15 is 0 Å². The molecule has 0 bridgehead atoms. The van der Waals surface area contributed by atoms with Crippen LogP contribution in [0.15, 0.2) is 48.5 Å². The van der Waals surface area contributed by atoms with Crippen LogP contribution in [0.5, 0.6) is 0 Å². The summed E-state index contributed by atoms with van der Waals surface area (Å²) in [5, 5.41) is 15.3. The van der Waals surface area contributed by atoms with E-state index in [9.17, 15) is 14.7 Å². The van der Waals surface area contributed by atoms with E-state index < -0.39 is 17.9 Å². The van der Waals surface area contributed by atoms with Crippen molar-refractivity contribution in [1.29, 1.82) is 0 Å². The molecule has 0 spiro atoms. The quantitative estimate of drug-likeness (QED) is 0.701. The Labute approximate surface area is 156 Å². The molecule has 0 heterocycles. The first-order chi connectivity index (χ1) is 11.9. The number of urea groups is 1. The van der Waals surface area contributed by atoms with Gasteiger partial charge in [-0.1, -0.05) is 59.6 Å². The Morgan fingerprint density at radius 1 is 1.04 bits per heavy atom. The average Bonchev–Trinajstić information content (AvgIpc) is 2.57. The fraction of sp³-hybridized carbons (Fsp3) is 0.222. The molecule has 2 aromatic rings. The summed E-state index contributed by atoms with van der Waals surface area (Å²) in [6.07, 6.45) is 0. The van der Waals surface area contributed by atoms with Crippen molar-refractivity contribution >= 4 is 35.2 Å². The molecule has 0 aliphatic rings. The van der Waals surface area contributed by atoms with Crippen molar-refractivity contribution in [3.05, 3.63) is 69.7 Å². The minimum absolute atomic E-state index is 0.133. The molecule has 0 fully saturated rings. The minimum Gasteiger partial charge on any atom is -0.481 e. The van der Waals surface area contributed by atoms with Crippen molar-refractivity contribution in [2.75, 3.05) is 6.54 Å². The monoisotopic (exact) mass is 380 g/mol. The molecular formula is C18H18Cl2N2O3. The Hall–Kier alpha value is -2.24. The van der Waals surface area contributed by atoms with Gasteiger partial charge in [-0.25, -0.2) is 4.79 Å². The van der Waals surface area contributed by atoms with Crippen LogP contribution in [0.25, 0.3) is 0 Å². The molecule has 0 saturated carbocycles. The van der Waals surface area contributed by atoms with Crippen molar-refractivity contribution in [2.24, 2.45) is 0 Å². The number of amides is 2. The van der Waals surface area contributed by atoms with E-state index in [0.717, 1.165) is 5.56 Å². The maximum atomic E-state index is 12.1. The number of aliphatic carboxylic acids is 1. The van der Waals surface area contributed by atoms with Crippen LogP contribution in [-0.2, 0) is 4.79 Å². The summed E-state index contributed by atoms with van der Waals surface area (Å²) < 4.78 is 0. The molecule has 7 heteroatoms. The maximum Gasteiger partial charge on any atom is 0.315 e. The highest BCUT2D eigenvalue weighted by Gasteiger charge is 2.25. The van der Waals surface area contributed by atoms with Crippen molar-refractivity contribution < 1.29 is 14.7 Å². The van der Waals surface area contributed by atoms with Crippen molar-refractivity contribution in [2.45, 2.75) is 18.9 Å². The first-order valence-corrected chi connectivity index (χ1v) is 8.41. The summed E-state index contributed by atoms with van der Waals surface area (Å²) in [6.45, 7) is 1.71. The van der Waals surface area contributed by atoms with E-state index in [1.165, 1.54) is 0 Å². The van der Waals surface area contributed by atoms with Gasteiger partial charge < -0.3 is 15.7 Å². The molecule has 2 aromatic carbocycles. The Balaban J connectivity index is 2.02. The van der Waals surface area contributed by atoms with Gasteiger partial charge in [-0.3, -0.25) is 4.79 Å². The van der Waals surface area contributed by atoms with Gasteiger partial charge >= 0.3 is 12.0 Å². The summed E-state index contributed by atoms with van der Waals surface area (Å²) in [6, 6.07) is 13.5. The number of nitrogens with one attached hydrogen (secondary N) is 2. The van der Waals surface area contributed by atoms with E-state index in [2.05, 4.69) is 10.6 Å². The van der Waals surface area contributed by atoms with Crippen LogP contribution in [0.3, 0.4) is 0 Å². The number of carbonyl (C=O) groups is 2. The highest BCUT2D eigenvalue weighted by molar-refractivity contribution is 6.36. The predicted molar refractivity (Wildman–Crippen MR) is 98.2 cm³/mol. The van der Waals surface area contributed by atoms with Gasteiger partial charge in [0.1, 0.15) is 5.92 Å². The fourth-order valence-electron chi connectivity index (χ4n) is 2.42. The lowest BCUT2D eigenvalue weighted by molar-refractivity contribution is -0.138. The van der Waals surface area contributed by atoms with Crippen LogP contribution < -0.4 is 10.6 Å². The van der Waals surface area contributed by atoms with Gasteiger partial charge in [0.25, 0.3) is 0 Å². The predicted octanol–water partition coefficient (Wildman–Crippen LogP) is 4.22. The fourth-order valence-corrected chi connectivity index (χ4v) is 3.08. The molecule has 3 N–H and O–H groups in total. The van der Waals surface area contributed by atoms with Gasteiger partial charge in [-0.2, -0.15) is 0 Å². The van der Waals surface area contributed by atoms with Crippen LogP contribution in [0.1, 0.15) is 30.0 Å². The summed E-state index contributed by atoms with van der Waals surface area (Å²) in [4.78, 5) is 23.6. The van der Waals surface area contributed by atoms with Gasteiger partial charge in [0.15, 0.2) is 0 Å². The lowest BCUT2D eigenvalue weighted by atomic mass is 9.99. The Kier molecular flexibility index (Phi) is 6.67. The maximum absolute atomic E-state index is 12.1. The largest absolute Gasteiger partial charge is 0.481 e. The molecule has 5 nitrogen and oxygen atoms in total. The third kappa shape index (κ3) is 5.11. The van der Waals surface area contributed by atoms with Crippen molar-refractivity contribution in [3.63, 3.8) is 0 Å². The zero-order valence-electron chi connectivity index (χ0n) is 13.5. The first kappa shape index (κ1) is 19.1. The molecule has 2 amide bonds. The van der Waals surface area contributed by atoms with Gasteiger partial charge in [-0.05, 0) is 24.6 Å². The third-order valence-electron chi connectivity index (χ3n) is 3.76. The number of halogens is 2. The molecule has 0 radical (unpaired) electrons. The van der Waals surface area contributed by atoms with Crippen LogP contribution in [0, 0.1) is 0 Å². The van der Waals surface area contributed by atoms with Crippen molar-refractivity contribution in [3.8, 4) is 0 Å². The summed E-state index contributed by atoms with van der Waals surface area (Å²) in [5.41, 5.74) is 1.23. The second-order valence-electron chi connectivity index (χ2n) is 5.51. The number of hydrogen-bond donors (Lipinski definition) is 3. The highest BCUT2D eigenvalue weighted by Crippen LogP contribution is 2.31. The normalized spacial score (nSPS) is 12.9. The minimum atomic E-state index is -1.12. The molecule has 2 atom stereocenters. The summed E-state index contributed by atoms with van der Waals surface area (Å²) >= 11 is 12.1. The van der Waals surface area contributed by atoms with Gasteiger partial charge in [0.2, 0.25) is 0 Å². The standard InChI is InChI=1S/C18H18Cl2N2O3/c1-11(12-6-3-2-4-7-12)22-18(25)21-10-13(17(23)24)16-14(19)8-5-9-15(16)20/h2-9,11,13H,10H2,1H3,(H,23,24)(H2,21,22,25). The van der Waals surface area contributed by atoms with Crippen LogP contribution in [0.4, 0.5) is 4.79 Å². The molecule has 132 valence electrons. The molecular weight excluding hydrogens is 363 g/mol. The second kappa shape index (κ2) is 8.74. The van der Waals surface area contributed by atoms with E-state index in [0.29, 0.717) is 0 Å². The zero-order valence-corrected chi connectivity index (χ0v) is 15.0. The van der Waals surface area contributed by atoms with E-state index in [4.69, 9.17) is 23.2 Å². The zero-order chi connectivity index (χ0) is 18.4. The molecule has 2 unspecified atom stereocenters. The Morgan fingerprint density at radius 3 is 2.20 bits per heavy atom. The van der Waals surface area contributed by atoms with E-state index in [1.807, 2.05) is 37.3 Å². The van der Waals surface area contributed by atoms with Crippen LogP contribution in [0.2, 0.25) is 10.0 Å². The number of rotatable bonds is 6. The summed E-state index contributed by atoms with van der Waals surface area (Å²) in [7, 11) is 0. The average molecular weight is 381 g/mol. The highest BCUT2D eigenvalue weighted by atomic mass is 35.5. The Morgan fingerprint density at radius 2 is 1.64 bits per heavy atom. The number of benzene rings is 2. The smallest absolute Gasteiger partial charge is 0.315 e. The van der Waals surface area contributed by atoms with Crippen LogP contribution >= 0.6 is 23.2 Å². The second-order valence-corrected chi connectivity index (χ2v) is 6.33. The topological polar surface area (TPSA) is 78.4 Å². The molecule has 0 aliphatic carbocycles. The number of carbonyl (C=O) groups excluding carboxylic acids is 1. The summed E-state index contributed by atoms with van der Waals surface area (Å²) in [5.74, 6) is -2.16. The SMILES string of the molecule is CC(NC(=O)NCC(C(=O)O)c1c(Cl)cccc1Cl)c1ccccc1. The van der Waals surface area contributed by atoms with Gasteiger partial charge in [-0.15, -0.1) is 0 Å². The van der Waals surface area contributed by atoms with E-state index in [1.54, 1.807) is 18.2 Å². The lowest BCUT2D eigenvalue weighted by Gasteiger charge is -2.19. The Bertz CT molecular complexity index is 733. The molecule has 2 rings (SSSR count). The molecule has 0 saturated heterocycles. The third-order valence-corrected chi connectivity index (χ3v) is 4.42. The number of carboxylic acids is 1. The number of carboxylic acid groups (broad SMARTS) is 1. The lowest BCUT2D eigenvalue weighted by Crippen LogP contribution is -2.40. The van der Waals surface area contributed by atoms with Crippen LogP contribution in [-0.4, -0.2) is 23.7 Å². The van der Waals surface area contributed by atoms with Gasteiger partial charge in [0, 0.05) is 22.2 Å². The molecule has 25 heavy (non-hydrogen) atoms.